The summed E-state index contributed by atoms with van der Waals surface area (Å²) in [5.41, 5.74) is 2.60. The van der Waals surface area contributed by atoms with Crippen LogP contribution in [-0.4, -0.2) is 59.5 Å². The van der Waals surface area contributed by atoms with Crippen molar-refractivity contribution in [3.8, 4) is 0 Å². The number of aliphatic hydroxyl groups excluding tert-OH is 1. The molecular formula is C26H42N4O3. The molecule has 184 valence electrons. The fraction of sp³-hybridized carbons (Fsp3) is 0.731. The summed E-state index contributed by atoms with van der Waals surface area (Å²) in [6.45, 7) is 8.77. The van der Waals surface area contributed by atoms with Crippen molar-refractivity contribution in [2.24, 2.45) is 10.9 Å². The topological polar surface area (TPSA) is 88.9 Å². The van der Waals surface area contributed by atoms with Crippen LogP contribution in [0.4, 0.5) is 5.95 Å². The molecule has 0 aromatic carbocycles. The van der Waals surface area contributed by atoms with Crippen LogP contribution in [0.5, 0.6) is 0 Å². The van der Waals surface area contributed by atoms with E-state index in [9.17, 15) is 5.11 Å². The van der Waals surface area contributed by atoms with E-state index in [0.29, 0.717) is 29.9 Å². The molecule has 2 N–H and O–H groups in total. The third kappa shape index (κ3) is 7.00. The molecule has 2 aliphatic rings. The van der Waals surface area contributed by atoms with Gasteiger partial charge in [-0.05, 0) is 76.2 Å². The molecule has 7 nitrogen and oxygen atoms in total. The minimum absolute atomic E-state index is 0.114. The molecule has 1 aromatic heterocycles. The lowest BCUT2D eigenvalue weighted by Crippen LogP contribution is -2.29. The minimum atomic E-state index is -0.204. The second-order valence-electron chi connectivity index (χ2n) is 9.60. The van der Waals surface area contributed by atoms with E-state index in [1.807, 2.05) is 6.20 Å². The number of aliphatic imine (C=N–C) groups is 1. The number of ether oxygens (including phenoxy) is 2. The van der Waals surface area contributed by atoms with E-state index in [4.69, 9.17) is 14.5 Å². The van der Waals surface area contributed by atoms with Gasteiger partial charge in [-0.2, -0.15) is 0 Å². The first kappa shape index (κ1) is 25.6. The monoisotopic (exact) mass is 458 g/mol. The van der Waals surface area contributed by atoms with Gasteiger partial charge < -0.3 is 19.9 Å². The number of aliphatic hydroxyl groups is 1. The summed E-state index contributed by atoms with van der Waals surface area (Å²) in [6.07, 6.45) is 11.5. The fourth-order valence-electron chi connectivity index (χ4n) is 4.98. The predicted molar refractivity (Wildman–Crippen MR) is 134 cm³/mol. The highest BCUT2D eigenvalue weighted by atomic mass is 16.5. The van der Waals surface area contributed by atoms with Crippen LogP contribution in [0.25, 0.3) is 5.57 Å². The Labute approximate surface area is 199 Å². The van der Waals surface area contributed by atoms with Crippen molar-refractivity contribution < 1.29 is 14.6 Å². The summed E-state index contributed by atoms with van der Waals surface area (Å²) in [7, 11) is 3.54. The van der Waals surface area contributed by atoms with Crippen LogP contribution in [-0.2, 0) is 9.47 Å². The van der Waals surface area contributed by atoms with Crippen molar-refractivity contribution in [3.63, 3.8) is 0 Å². The van der Waals surface area contributed by atoms with E-state index in [1.54, 1.807) is 14.2 Å². The minimum Gasteiger partial charge on any atom is -0.474 e. The van der Waals surface area contributed by atoms with Crippen molar-refractivity contribution in [1.82, 2.24) is 9.97 Å². The molecule has 3 rings (SSSR count). The van der Waals surface area contributed by atoms with Crippen molar-refractivity contribution in [3.05, 3.63) is 24.0 Å². The Balaban J connectivity index is 1.84. The molecule has 0 aliphatic heterocycles. The number of anilines is 1. The Hall–Kier alpha value is -1.99. The van der Waals surface area contributed by atoms with Crippen molar-refractivity contribution in [1.29, 1.82) is 0 Å². The van der Waals surface area contributed by atoms with Gasteiger partial charge in [-0.25, -0.2) is 9.97 Å². The average molecular weight is 459 g/mol. The molecule has 1 heterocycles. The predicted octanol–water partition coefficient (Wildman–Crippen LogP) is 4.99. The van der Waals surface area contributed by atoms with E-state index in [2.05, 4.69) is 35.7 Å². The standard InChI is InChI=1S/C26H42N4O3/c1-6-7-17(2)29-26-28-16-23(24(30-26)18(3)19-8-10-20(31)11-9-19)25(27-4)33-22-14-12-21(32-5)13-15-22/h16-17,19-22,31H,3,6-15H2,1-2,4-5H3,(H,28,29,30). The van der Waals surface area contributed by atoms with Crippen molar-refractivity contribution in [2.45, 2.75) is 102 Å². The first-order valence-electron chi connectivity index (χ1n) is 12.6. The number of methoxy groups -OCH3 is 1. The largest absolute Gasteiger partial charge is 0.474 e. The smallest absolute Gasteiger partial charge is 0.223 e. The maximum atomic E-state index is 9.96. The second-order valence-corrected chi connectivity index (χ2v) is 9.60. The zero-order chi connectivity index (χ0) is 23.8. The molecule has 0 saturated heterocycles. The van der Waals surface area contributed by atoms with Gasteiger partial charge in [0.15, 0.2) is 0 Å². The van der Waals surface area contributed by atoms with Crippen LogP contribution in [0.1, 0.15) is 89.3 Å². The van der Waals surface area contributed by atoms with Gasteiger partial charge in [-0.3, -0.25) is 4.99 Å². The lowest BCUT2D eigenvalue weighted by Gasteiger charge is -2.30. The molecule has 2 aliphatic carbocycles. The van der Waals surface area contributed by atoms with E-state index >= 15 is 0 Å². The van der Waals surface area contributed by atoms with Gasteiger partial charge >= 0.3 is 0 Å². The molecular weight excluding hydrogens is 416 g/mol. The maximum Gasteiger partial charge on any atom is 0.223 e. The molecule has 2 fully saturated rings. The van der Waals surface area contributed by atoms with E-state index in [-0.39, 0.29) is 12.2 Å². The summed E-state index contributed by atoms with van der Waals surface area (Å²) < 4.78 is 11.9. The van der Waals surface area contributed by atoms with Gasteiger partial charge in [0, 0.05) is 26.4 Å². The summed E-state index contributed by atoms with van der Waals surface area (Å²) in [6, 6.07) is 0.290. The molecule has 0 amide bonds. The highest BCUT2D eigenvalue weighted by Crippen LogP contribution is 2.36. The molecule has 0 radical (unpaired) electrons. The third-order valence-electron chi connectivity index (χ3n) is 7.05. The molecule has 1 aromatic rings. The van der Waals surface area contributed by atoms with Gasteiger partial charge in [0.25, 0.3) is 0 Å². The van der Waals surface area contributed by atoms with E-state index in [1.165, 1.54) is 0 Å². The Morgan fingerprint density at radius 2 is 1.85 bits per heavy atom. The molecule has 0 bridgehead atoms. The maximum absolute atomic E-state index is 9.96. The highest BCUT2D eigenvalue weighted by molar-refractivity contribution is 5.98. The Morgan fingerprint density at radius 1 is 1.18 bits per heavy atom. The summed E-state index contributed by atoms with van der Waals surface area (Å²) in [4.78, 5) is 14.0. The first-order chi connectivity index (χ1) is 15.9. The molecule has 0 spiro atoms. The van der Waals surface area contributed by atoms with Gasteiger partial charge in [0.2, 0.25) is 11.8 Å². The van der Waals surface area contributed by atoms with Gasteiger partial charge in [0.05, 0.1) is 23.5 Å². The fourth-order valence-corrected chi connectivity index (χ4v) is 4.98. The summed E-state index contributed by atoms with van der Waals surface area (Å²) in [5, 5.41) is 13.4. The van der Waals surface area contributed by atoms with Crippen LogP contribution < -0.4 is 5.32 Å². The van der Waals surface area contributed by atoms with Crippen LogP contribution in [0.2, 0.25) is 0 Å². The Bertz CT molecular complexity index is 797. The summed E-state index contributed by atoms with van der Waals surface area (Å²) >= 11 is 0. The van der Waals surface area contributed by atoms with Crippen molar-refractivity contribution >= 4 is 17.4 Å². The van der Waals surface area contributed by atoms with Crippen molar-refractivity contribution in [2.75, 3.05) is 19.5 Å². The van der Waals surface area contributed by atoms with E-state index in [0.717, 1.165) is 81.0 Å². The first-order valence-corrected chi connectivity index (χ1v) is 12.6. The number of nitrogens with zero attached hydrogens (tertiary/aromatic N) is 3. The summed E-state index contributed by atoms with van der Waals surface area (Å²) in [5.74, 6) is 1.48. The molecule has 1 atom stereocenters. The zero-order valence-electron chi connectivity index (χ0n) is 20.8. The number of rotatable bonds is 9. The van der Waals surface area contributed by atoms with Gasteiger partial charge in [0.1, 0.15) is 6.10 Å². The zero-order valence-corrected chi connectivity index (χ0v) is 20.8. The average Bonchev–Trinajstić information content (AvgIpc) is 2.83. The number of aromatic nitrogens is 2. The Morgan fingerprint density at radius 3 is 2.45 bits per heavy atom. The Kier molecular flexibility index (Phi) is 9.68. The molecule has 2 saturated carbocycles. The van der Waals surface area contributed by atoms with Gasteiger partial charge in [-0.1, -0.05) is 19.9 Å². The normalized spacial score (nSPS) is 27.1. The SMILES string of the molecule is C=C(c1nc(NC(C)CCC)ncc1C(=NC)OC1CCC(OC)CC1)C1CCC(O)CC1. The quantitative estimate of drug-likeness (QED) is 0.400. The number of allylic oxidation sites excluding steroid dienone is 1. The molecule has 1 unspecified atom stereocenters. The van der Waals surface area contributed by atoms with Crippen LogP contribution in [0.3, 0.4) is 0 Å². The van der Waals surface area contributed by atoms with Crippen LogP contribution in [0.15, 0.2) is 17.8 Å². The van der Waals surface area contributed by atoms with Crippen LogP contribution >= 0.6 is 0 Å². The highest BCUT2D eigenvalue weighted by Gasteiger charge is 2.28. The van der Waals surface area contributed by atoms with Crippen LogP contribution in [0, 0.1) is 5.92 Å². The number of hydrogen-bond donors (Lipinski definition) is 2. The lowest BCUT2D eigenvalue weighted by molar-refractivity contribution is 0.0292. The second kappa shape index (κ2) is 12.5. The number of nitrogens with one attached hydrogen (secondary N) is 1. The molecule has 33 heavy (non-hydrogen) atoms. The third-order valence-corrected chi connectivity index (χ3v) is 7.05. The molecule has 7 heteroatoms. The number of hydrogen-bond acceptors (Lipinski definition) is 7. The lowest BCUT2D eigenvalue weighted by atomic mass is 9.81. The van der Waals surface area contributed by atoms with E-state index < -0.39 is 0 Å². The van der Waals surface area contributed by atoms with Gasteiger partial charge in [-0.15, -0.1) is 0 Å².